The number of furan rings is 1. The summed E-state index contributed by atoms with van der Waals surface area (Å²) in [5.41, 5.74) is -1.07. The van der Waals surface area contributed by atoms with Gasteiger partial charge in [-0.25, -0.2) is 4.98 Å². The fourth-order valence-corrected chi connectivity index (χ4v) is 3.00. The second-order valence-electron chi connectivity index (χ2n) is 4.62. The number of hydrogen-bond donors (Lipinski definition) is 3. The summed E-state index contributed by atoms with van der Waals surface area (Å²) in [6, 6.07) is 4.14. The maximum absolute atomic E-state index is 12.8. The lowest BCUT2D eigenvalue weighted by Crippen LogP contribution is -2.04. The number of hydrogen-bond acceptors (Lipinski definition) is 3. The van der Waals surface area contributed by atoms with Crippen molar-refractivity contribution in [1.29, 1.82) is 0 Å². The normalized spacial score (nSPS) is 13.0. The van der Waals surface area contributed by atoms with Crippen LogP contribution in [0.15, 0.2) is 33.2 Å². The quantitative estimate of drug-likeness (QED) is 0.562. The molecule has 0 radical (unpaired) electrons. The Morgan fingerprint density at radius 2 is 1.96 bits per heavy atom. The maximum atomic E-state index is 12.8. The molecule has 11 heteroatoms. The molecule has 0 saturated heterocycles. The third-order valence-electron chi connectivity index (χ3n) is 2.98. The van der Waals surface area contributed by atoms with Gasteiger partial charge in [0.2, 0.25) is 5.50 Å². The molecule has 0 aliphatic heterocycles. The average molecular weight is 411 g/mol. The summed E-state index contributed by atoms with van der Waals surface area (Å²) < 4.78 is 54.6. The maximum Gasteiger partial charge on any atom is 0.416 e. The largest absolute Gasteiger partial charge is 0.445 e. The first-order chi connectivity index (χ1) is 10.6. The number of H-pyrrole nitrogens is 1. The van der Waals surface area contributed by atoms with E-state index < -0.39 is 24.8 Å². The van der Waals surface area contributed by atoms with Gasteiger partial charge in [-0.15, -0.1) is 0 Å². The zero-order valence-corrected chi connectivity index (χ0v) is 13.4. The monoisotopic (exact) mass is 410 g/mol. The Labute approximate surface area is 134 Å². The van der Waals surface area contributed by atoms with Gasteiger partial charge in [0.15, 0.2) is 11.6 Å². The number of fused-ring (bicyclic) bond motifs is 1. The van der Waals surface area contributed by atoms with Crippen LogP contribution in [0.3, 0.4) is 0 Å². The Bertz CT molecular complexity index is 944. The first-order valence-corrected chi connectivity index (χ1v) is 8.39. The summed E-state index contributed by atoms with van der Waals surface area (Å²) in [5.74, 6) is 0.0553. The fourth-order valence-electron chi connectivity index (χ4n) is 1.97. The van der Waals surface area contributed by atoms with E-state index in [9.17, 15) is 17.7 Å². The third-order valence-corrected chi connectivity index (χ3v) is 4.40. The van der Waals surface area contributed by atoms with E-state index in [0.717, 1.165) is 18.2 Å². The predicted molar refractivity (Wildman–Crippen MR) is 78.2 cm³/mol. The number of aromatic nitrogens is 2. The van der Waals surface area contributed by atoms with Crippen LogP contribution in [0, 0.1) is 0 Å². The summed E-state index contributed by atoms with van der Waals surface area (Å²) in [5, 5.41) is 0. The molecule has 23 heavy (non-hydrogen) atoms. The van der Waals surface area contributed by atoms with E-state index in [0.29, 0.717) is 0 Å². The molecule has 0 unspecified atom stereocenters. The van der Waals surface area contributed by atoms with E-state index in [1.165, 1.54) is 6.07 Å². The number of alkyl halides is 3. The molecular formula is C12H7BrF3N2O4P. The first-order valence-electron chi connectivity index (χ1n) is 5.98. The lowest BCUT2D eigenvalue weighted by atomic mass is 10.2. The van der Waals surface area contributed by atoms with Crippen LogP contribution in [0.2, 0.25) is 0 Å². The smallest absolute Gasteiger partial charge is 0.416 e. The zero-order chi connectivity index (χ0) is 17.0. The molecule has 2 heterocycles. The van der Waals surface area contributed by atoms with Gasteiger partial charge in [0.05, 0.1) is 11.1 Å². The molecule has 0 saturated carbocycles. The zero-order valence-electron chi connectivity index (χ0n) is 10.9. The lowest BCUT2D eigenvalue weighted by Gasteiger charge is -2.06. The van der Waals surface area contributed by atoms with Crippen LogP contribution in [-0.4, -0.2) is 19.8 Å². The van der Waals surface area contributed by atoms with Gasteiger partial charge in [-0.2, -0.15) is 13.2 Å². The summed E-state index contributed by atoms with van der Waals surface area (Å²) in [7, 11) is -4.56. The highest BCUT2D eigenvalue weighted by Gasteiger charge is 2.32. The molecule has 0 bridgehead atoms. The highest BCUT2D eigenvalue weighted by molar-refractivity contribution is 9.10. The van der Waals surface area contributed by atoms with Gasteiger partial charge in [0, 0.05) is 4.47 Å². The predicted octanol–water partition coefficient (Wildman–Crippen LogP) is 3.41. The van der Waals surface area contributed by atoms with Gasteiger partial charge in [-0.3, -0.25) is 4.57 Å². The molecule has 6 nitrogen and oxygen atoms in total. The highest BCUT2D eigenvalue weighted by Crippen LogP contribution is 2.37. The van der Waals surface area contributed by atoms with Crippen LogP contribution in [0.1, 0.15) is 5.56 Å². The Morgan fingerprint density at radius 1 is 1.26 bits per heavy atom. The van der Waals surface area contributed by atoms with Crippen molar-refractivity contribution < 1.29 is 31.9 Å². The minimum absolute atomic E-state index is 0.0000151. The molecule has 1 aromatic carbocycles. The Kier molecular flexibility index (Phi) is 3.68. The van der Waals surface area contributed by atoms with Crippen molar-refractivity contribution >= 4 is 40.1 Å². The average Bonchev–Trinajstić information content (AvgIpc) is 3.03. The molecule has 3 N–H and O–H groups in total. The number of benzene rings is 1. The number of aromatic amines is 1. The minimum atomic E-state index is -4.56. The summed E-state index contributed by atoms with van der Waals surface area (Å²) in [6.07, 6.45) is -4.51. The van der Waals surface area contributed by atoms with Gasteiger partial charge in [0.1, 0.15) is 5.52 Å². The molecule has 3 rings (SSSR count). The van der Waals surface area contributed by atoms with Crippen LogP contribution in [0.5, 0.6) is 0 Å². The summed E-state index contributed by atoms with van der Waals surface area (Å²) in [4.78, 5) is 24.8. The molecule has 0 amide bonds. The topological polar surface area (TPSA) is 99.4 Å². The van der Waals surface area contributed by atoms with Crippen LogP contribution >= 0.6 is 23.5 Å². The van der Waals surface area contributed by atoms with Crippen LogP contribution in [0.4, 0.5) is 13.2 Å². The van der Waals surface area contributed by atoms with Crippen molar-refractivity contribution in [3.63, 3.8) is 0 Å². The third kappa shape index (κ3) is 3.07. The Morgan fingerprint density at radius 3 is 2.52 bits per heavy atom. The van der Waals surface area contributed by atoms with E-state index >= 15 is 0 Å². The minimum Gasteiger partial charge on any atom is -0.445 e. The van der Waals surface area contributed by atoms with Crippen LogP contribution < -0.4 is 5.50 Å². The van der Waals surface area contributed by atoms with Gasteiger partial charge < -0.3 is 19.2 Å². The number of rotatable bonds is 2. The van der Waals surface area contributed by atoms with E-state index in [2.05, 4.69) is 25.9 Å². The van der Waals surface area contributed by atoms with E-state index in [4.69, 9.17) is 14.2 Å². The molecule has 0 atom stereocenters. The molecular weight excluding hydrogens is 404 g/mol. The van der Waals surface area contributed by atoms with Crippen LogP contribution in [0.25, 0.3) is 22.6 Å². The van der Waals surface area contributed by atoms with Crippen molar-refractivity contribution in [3.8, 4) is 11.6 Å². The van der Waals surface area contributed by atoms with Crippen molar-refractivity contribution in [2.45, 2.75) is 6.18 Å². The fraction of sp³-hybridized carbons (Fsp3) is 0.0833. The first kappa shape index (κ1) is 16.3. The number of nitrogens with zero attached hydrogens (tertiary/aromatic N) is 1. The SMILES string of the molecule is O=P(O)(O)c1ccc(-c2nc3c(Br)cc(C(F)(F)F)cc3[nH]2)o1. The lowest BCUT2D eigenvalue weighted by molar-refractivity contribution is -0.137. The standard InChI is InChI=1S/C12H7BrF3N2O4P/c13-6-3-5(12(14,15)16)4-7-10(6)18-11(17-7)8-1-2-9(22-8)23(19,20)21/h1-4H,(H,17,18)(H2,19,20,21). The highest BCUT2D eigenvalue weighted by atomic mass is 79.9. The Balaban J connectivity index is 2.12. The van der Waals surface area contributed by atoms with Gasteiger partial charge >= 0.3 is 13.8 Å². The molecule has 0 fully saturated rings. The van der Waals surface area contributed by atoms with Crippen molar-refractivity contribution in [2.75, 3.05) is 0 Å². The van der Waals surface area contributed by atoms with Gasteiger partial charge in [-0.1, -0.05) is 0 Å². The molecule has 0 spiro atoms. The number of halogens is 4. The van der Waals surface area contributed by atoms with Crippen molar-refractivity contribution in [2.24, 2.45) is 0 Å². The molecule has 0 aliphatic carbocycles. The Hall–Kier alpha value is -1.61. The van der Waals surface area contributed by atoms with E-state index in [-0.39, 0.29) is 27.1 Å². The molecule has 2 aromatic heterocycles. The summed E-state index contributed by atoms with van der Waals surface area (Å²) in [6.45, 7) is 0. The molecule has 3 aromatic rings. The summed E-state index contributed by atoms with van der Waals surface area (Å²) >= 11 is 3.03. The van der Waals surface area contributed by atoms with Crippen molar-refractivity contribution in [1.82, 2.24) is 9.97 Å². The second-order valence-corrected chi connectivity index (χ2v) is 7.00. The van der Waals surface area contributed by atoms with Gasteiger partial charge in [-0.05, 0) is 40.2 Å². The molecule has 0 aliphatic rings. The van der Waals surface area contributed by atoms with E-state index in [1.807, 2.05) is 0 Å². The van der Waals surface area contributed by atoms with Crippen LogP contribution in [-0.2, 0) is 10.7 Å². The number of imidazole rings is 1. The second kappa shape index (κ2) is 5.20. The molecule has 122 valence electrons. The van der Waals surface area contributed by atoms with Crippen molar-refractivity contribution in [3.05, 3.63) is 34.3 Å². The van der Waals surface area contributed by atoms with E-state index in [1.54, 1.807) is 0 Å². The number of nitrogens with one attached hydrogen (secondary N) is 1. The van der Waals surface area contributed by atoms with Gasteiger partial charge in [0.25, 0.3) is 0 Å².